The summed E-state index contributed by atoms with van der Waals surface area (Å²) in [7, 11) is 0. The lowest BCUT2D eigenvalue weighted by molar-refractivity contribution is 0.0875. The molecule has 0 saturated heterocycles. The highest BCUT2D eigenvalue weighted by molar-refractivity contribution is 5.55. The zero-order chi connectivity index (χ0) is 13.9. The van der Waals surface area contributed by atoms with E-state index in [0.717, 1.165) is 17.8 Å². The number of hydrogen-bond acceptors (Lipinski definition) is 3. The van der Waals surface area contributed by atoms with Gasteiger partial charge in [0.2, 0.25) is 0 Å². The van der Waals surface area contributed by atoms with Gasteiger partial charge in [-0.3, -0.25) is 0 Å². The number of anilines is 1. The number of likely N-dealkylation sites (N-methyl/N-ethyl adjacent to an activating group) is 1. The molecule has 3 nitrogen and oxygen atoms in total. The van der Waals surface area contributed by atoms with Gasteiger partial charge in [-0.15, -0.1) is 0 Å². The van der Waals surface area contributed by atoms with E-state index in [1.165, 1.54) is 12.1 Å². The summed E-state index contributed by atoms with van der Waals surface area (Å²) in [6.07, 6.45) is 0. The Labute approximate surface area is 108 Å². The first-order valence-corrected chi connectivity index (χ1v) is 6.27. The van der Waals surface area contributed by atoms with Crippen LogP contribution in [0.1, 0.15) is 39.3 Å². The lowest BCUT2D eigenvalue weighted by Crippen LogP contribution is -2.39. The van der Waals surface area contributed by atoms with E-state index >= 15 is 0 Å². The van der Waals surface area contributed by atoms with E-state index in [9.17, 15) is 9.50 Å². The van der Waals surface area contributed by atoms with E-state index in [1.54, 1.807) is 19.9 Å². The van der Waals surface area contributed by atoms with E-state index in [2.05, 4.69) is 0 Å². The third-order valence-electron chi connectivity index (χ3n) is 2.78. The van der Waals surface area contributed by atoms with Gasteiger partial charge in [-0.2, -0.15) is 0 Å². The normalized spacial score (nSPS) is 13.5. The fourth-order valence-electron chi connectivity index (χ4n) is 2.01. The second kappa shape index (κ2) is 5.67. The highest BCUT2D eigenvalue weighted by atomic mass is 19.1. The molecule has 0 aliphatic carbocycles. The van der Waals surface area contributed by atoms with Gasteiger partial charge in [-0.05, 0) is 51.5 Å². The molecule has 1 aromatic rings. The van der Waals surface area contributed by atoms with Crippen LogP contribution < -0.4 is 10.6 Å². The topological polar surface area (TPSA) is 49.5 Å². The largest absolute Gasteiger partial charge is 0.389 e. The molecule has 0 aliphatic heterocycles. The van der Waals surface area contributed by atoms with Crippen LogP contribution in [0.3, 0.4) is 0 Å². The number of nitrogens with zero attached hydrogens (tertiary/aromatic N) is 1. The van der Waals surface area contributed by atoms with Crippen molar-refractivity contribution in [1.82, 2.24) is 0 Å². The van der Waals surface area contributed by atoms with Gasteiger partial charge < -0.3 is 15.7 Å². The molecular formula is C14H23FN2O. The molecule has 0 aromatic heterocycles. The third kappa shape index (κ3) is 3.96. The number of halogens is 1. The van der Waals surface area contributed by atoms with Gasteiger partial charge in [0.1, 0.15) is 5.82 Å². The SMILES string of the molecule is CCN(CC(C)(C)O)c1ccc(F)cc1[C@H](C)N. The van der Waals surface area contributed by atoms with Crippen LogP contribution in [-0.2, 0) is 0 Å². The Hall–Kier alpha value is -1.13. The predicted molar refractivity (Wildman–Crippen MR) is 73.2 cm³/mol. The molecule has 0 unspecified atom stereocenters. The van der Waals surface area contributed by atoms with Gasteiger partial charge in [0.15, 0.2) is 0 Å². The van der Waals surface area contributed by atoms with E-state index < -0.39 is 5.60 Å². The minimum Gasteiger partial charge on any atom is -0.389 e. The standard InChI is InChI=1S/C14H23FN2O/c1-5-17(9-14(3,4)18)13-7-6-11(15)8-12(13)10(2)16/h6-8,10,18H,5,9,16H2,1-4H3/t10-/m0/s1. The van der Waals surface area contributed by atoms with Crippen molar-refractivity contribution >= 4 is 5.69 Å². The number of benzene rings is 1. The Morgan fingerprint density at radius 1 is 1.44 bits per heavy atom. The molecule has 0 heterocycles. The van der Waals surface area contributed by atoms with Crippen LogP contribution in [0.15, 0.2) is 18.2 Å². The minimum atomic E-state index is -0.806. The van der Waals surface area contributed by atoms with Crippen LogP contribution in [0.5, 0.6) is 0 Å². The van der Waals surface area contributed by atoms with Crippen molar-refractivity contribution in [2.75, 3.05) is 18.0 Å². The van der Waals surface area contributed by atoms with E-state index in [0.29, 0.717) is 6.54 Å². The summed E-state index contributed by atoms with van der Waals surface area (Å²) in [5.41, 5.74) is 6.73. The van der Waals surface area contributed by atoms with Crippen molar-refractivity contribution in [2.45, 2.75) is 39.3 Å². The van der Waals surface area contributed by atoms with Crippen LogP contribution in [0.2, 0.25) is 0 Å². The van der Waals surface area contributed by atoms with Crippen LogP contribution >= 0.6 is 0 Å². The summed E-state index contributed by atoms with van der Waals surface area (Å²) in [5, 5.41) is 9.92. The molecule has 0 saturated carbocycles. The number of nitrogens with two attached hydrogens (primary N) is 1. The average Bonchev–Trinajstić information content (AvgIpc) is 2.24. The van der Waals surface area contributed by atoms with Crippen molar-refractivity contribution in [2.24, 2.45) is 5.73 Å². The fourth-order valence-corrected chi connectivity index (χ4v) is 2.01. The van der Waals surface area contributed by atoms with Gasteiger partial charge in [-0.1, -0.05) is 0 Å². The van der Waals surface area contributed by atoms with Crippen molar-refractivity contribution in [3.8, 4) is 0 Å². The van der Waals surface area contributed by atoms with Gasteiger partial charge in [0.25, 0.3) is 0 Å². The maximum atomic E-state index is 13.3. The van der Waals surface area contributed by atoms with E-state index in [1.807, 2.05) is 18.7 Å². The second-order valence-electron chi connectivity index (χ2n) is 5.32. The Bertz CT molecular complexity index is 399. The molecule has 0 bridgehead atoms. The van der Waals surface area contributed by atoms with Crippen LogP contribution in [-0.4, -0.2) is 23.8 Å². The van der Waals surface area contributed by atoms with Gasteiger partial charge >= 0.3 is 0 Å². The van der Waals surface area contributed by atoms with Crippen molar-refractivity contribution < 1.29 is 9.50 Å². The first kappa shape index (κ1) is 14.9. The number of hydrogen-bond donors (Lipinski definition) is 2. The molecule has 0 aliphatic rings. The lowest BCUT2D eigenvalue weighted by Gasteiger charge is -2.32. The highest BCUT2D eigenvalue weighted by Gasteiger charge is 2.20. The highest BCUT2D eigenvalue weighted by Crippen LogP contribution is 2.27. The van der Waals surface area contributed by atoms with E-state index in [4.69, 9.17) is 5.73 Å². The molecule has 0 fully saturated rings. The average molecular weight is 254 g/mol. The molecule has 1 rings (SSSR count). The summed E-state index contributed by atoms with van der Waals surface area (Å²) < 4.78 is 13.3. The third-order valence-corrected chi connectivity index (χ3v) is 2.78. The predicted octanol–water partition coefficient (Wildman–Crippen LogP) is 2.44. The van der Waals surface area contributed by atoms with Crippen LogP contribution in [0.4, 0.5) is 10.1 Å². The molecule has 4 heteroatoms. The fraction of sp³-hybridized carbons (Fsp3) is 0.571. The van der Waals surface area contributed by atoms with Gasteiger partial charge in [0.05, 0.1) is 5.60 Å². The molecular weight excluding hydrogens is 231 g/mol. The molecule has 102 valence electrons. The molecule has 0 radical (unpaired) electrons. The van der Waals surface area contributed by atoms with Crippen molar-refractivity contribution in [1.29, 1.82) is 0 Å². The monoisotopic (exact) mass is 254 g/mol. The summed E-state index contributed by atoms with van der Waals surface area (Å²) in [6.45, 7) is 8.55. The summed E-state index contributed by atoms with van der Waals surface area (Å²) in [4.78, 5) is 2.01. The number of rotatable bonds is 5. The summed E-state index contributed by atoms with van der Waals surface area (Å²) in [6, 6.07) is 4.37. The van der Waals surface area contributed by atoms with Crippen molar-refractivity contribution in [3.05, 3.63) is 29.6 Å². The van der Waals surface area contributed by atoms with Crippen LogP contribution in [0, 0.1) is 5.82 Å². The Kier molecular flexibility index (Phi) is 4.71. The molecule has 1 atom stereocenters. The summed E-state index contributed by atoms with van der Waals surface area (Å²) in [5.74, 6) is -0.287. The maximum Gasteiger partial charge on any atom is 0.123 e. The second-order valence-corrected chi connectivity index (χ2v) is 5.32. The molecule has 0 amide bonds. The maximum absolute atomic E-state index is 13.3. The van der Waals surface area contributed by atoms with Gasteiger partial charge in [-0.25, -0.2) is 4.39 Å². The zero-order valence-corrected chi connectivity index (χ0v) is 11.6. The Morgan fingerprint density at radius 2 is 2.06 bits per heavy atom. The Balaban J connectivity index is 3.12. The molecule has 1 aromatic carbocycles. The quantitative estimate of drug-likeness (QED) is 0.848. The smallest absolute Gasteiger partial charge is 0.123 e. The lowest BCUT2D eigenvalue weighted by atomic mass is 10.0. The Morgan fingerprint density at radius 3 is 2.50 bits per heavy atom. The molecule has 18 heavy (non-hydrogen) atoms. The molecule has 3 N–H and O–H groups in total. The first-order valence-electron chi connectivity index (χ1n) is 6.27. The number of aliphatic hydroxyl groups is 1. The summed E-state index contributed by atoms with van der Waals surface area (Å²) >= 11 is 0. The first-order chi connectivity index (χ1) is 8.24. The van der Waals surface area contributed by atoms with Crippen LogP contribution in [0.25, 0.3) is 0 Å². The van der Waals surface area contributed by atoms with E-state index in [-0.39, 0.29) is 11.9 Å². The minimum absolute atomic E-state index is 0.244. The van der Waals surface area contributed by atoms with Gasteiger partial charge in [0, 0.05) is 24.8 Å². The zero-order valence-electron chi connectivity index (χ0n) is 11.6. The molecule has 0 spiro atoms. The van der Waals surface area contributed by atoms with Crippen molar-refractivity contribution in [3.63, 3.8) is 0 Å².